The van der Waals surface area contributed by atoms with Crippen LogP contribution in [0, 0.1) is 0 Å². The molecule has 1 aliphatic heterocycles. The van der Waals surface area contributed by atoms with Crippen molar-refractivity contribution < 1.29 is 22.7 Å². The van der Waals surface area contributed by atoms with E-state index >= 15 is 0 Å². The van der Waals surface area contributed by atoms with Gasteiger partial charge in [-0.3, -0.25) is 4.79 Å². The predicted molar refractivity (Wildman–Crippen MR) is 115 cm³/mol. The van der Waals surface area contributed by atoms with E-state index in [9.17, 15) is 13.2 Å². The largest absolute Gasteiger partial charge is 0.493 e. The molecule has 1 aromatic rings. The molecule has 1 heterocycles. The van der Waals surface area contributed by atoms with Crippen LogP contribution in [-0.2, 0) is 14.8 Å². The Morgan fingerprint density at radius 3 is 2.79 bits per heavy atom. The summed E-state index contributed by atoms with van der Waals surface area (Å²) in [6, 6.07) is 5.44. The minimum atomic E-state index is -3.28. The van der Waals surface area contributed by atoms with E-state index in [4.69, 9.17) is 9.47 Å². The van der Waals surface area contributed by atoms with Crippen LogP contribution in [0.4, 0.5) is 0 Å². The number of carbonyl (C=O) groups excluding carboxylic acids is 1. The van der Waals surface area contributed by atoms with Gasteiger partial charge in [-0.25, -0.2) is 13.1 Å². The van der Waals surface area contributed by atoms with E-state index in [1.807, 2.05) is 18.2 Å². The van der Waals surface area contributed by atoms with E-state index < -0.39 is 10.0 Å². The van der Waals surface area contributed by atoms with Crippen molar-refractivity contribution in [1.82, 2.24) is 9.62 Å². The average Bonchev–Trinajstić information content (AvgIpc) is 2.71. The second-order valence-corrected chi connectivity index (χ2v) is 9.08. The third-order valence-electron chi connectivity index (χ3n) is 4.85. The van der Waals surface area contributed by atoms with Gasteiger partial charge in [0.15, 0.2) is 11.5 Å². The summed E-state index contributed by atoms with van der Waals surface area (Å²) in [5.74, 6) is 1.20. The standard InChI is InChI=1S/C21H32N2O5S/c1-4-5-14-28-19-11-9-17(15-20(19)27-2)10-12-21(24)23-13-7-6-8-18(23)16-22-29(3,25)26/h9-12,15,18,22H,4-8,13-14,16H2,1-3H3/b12-10+. The number of nitrogens with zero attached hydrogens (tertiary/aromatic N) is 1. The Hall–Kier alpha value is -2.06. The van der Waals surface area contributed by atoms with E-state index in [1.54, 1.807) is 18.1 Å². The molecule has 1 saturated heterocycles. The normalized spacial score (nSPS) is 17.5. The SMILES string of the molecule is CCCCOc1ccc(/C=C/C(=O)N2CCCCC2CNS(C)(=O)=O)cc1OC. The summed E-state index contributed by atoms with van der Waals surface area (Å²) in [5.41, 5.74) is 0.834. The number of likely N-dealkylation sites (tertiary alicyclic amines) is 1. The Balaban J connectivity index is 2.04. The van der Waals surface area contributed by atoms with Crippen LogP contribution in [0.25, 0.3) is 6.08 Å². The Kier molecular flexibility index (Phi) is 8.98. The van der Waals surface area contributed by atoms with E-state index in [-0.39, 0.29) is 18.5 Å². The molecule has 1 atom stereocenters. The number of hydrogen-bond acceptors (Lipinski definition) is 5. The van der Waals surface area contributed by atoms with Crippen molar-refractivity contribution >= 4 is 22.0 Å². The zero-order valence-electron chi connectivity index (χ0n) is 17.5. The van der Waals surface area contributed by atoms with Crippen LogP contribution in [0.5, 0.6) is 11.5 Å². The first-order valence-electron chi connectivity index (χ1n) is 10.1. The molecule has 7 nitrogen and oxygen atoms in total. The number of benzene rings is 1. The van der Waals surface area contributed by atoms with E-state index in [2.05, 4.69) is 11.6 Å². The van der Waals surface area contributed by atoms with Crippen LogP contribution in [0.2, 0.25) is 0 Å². The minimum Gasteiger partial charge on any atom is -0.493 e. The average molecular weight is 425 g/mol. The first-order chi connectivity index (χ1) is 13.8. The van der Waals surface area contributed by atoms with Crippen molar-refractivity contribution in [2.24, 2.45) is 0 Å². The summed E-state index contributed by atoms with van der Waals surface area (Å²) >= 11 is 0. The first-order valence-corrected chi connectivity index (χ1v) is 12.0. The van der Waals surface area contributed by atoms with Crippen molar-refractivity contribution in [3.63, 3.8) is 0 Å². The van der Waals surface area contributed by atoms with Gasteiger partial charge in [0, 0.05) is 25.2 Å². The molecule has 1 fully saturated rings. The third kappa shape index (κ3) is 7.70. The summed E-state index contributed by atoms with van der Waals surface area (Å²) in [7, 11) is -1.69. The van der Waals surface area contributed by atoms with Crippen molar-refractivity contribution in [2.45, 2.75) is 45.1 Å². The van der Waals surface area contributed by atoms with Crippen molar-refractivity contribution in [3.05, 3.63) is 29.8 Å². The number of ether oxygens (including phenoxy) is 2. The highest BCUT2D eigenvalue weighted by molar-refractivity contribution is 7.88. The molecule has 0 bridgehead atoms. The van der Waals surface area contributed by atoms with E-state index in [1.165, 1.54) is 6.08 Å². The maximum absolute atomic E-state index is 12.7. The number of hydrogen-bond donors (Lipinski definition) is 1. The fraction of sp³-hybridized carbons (Fsp3) is 0.571. The number of amides is 1. The van der Waals surface area contributed by atoms with Crippen molar-refractivity contribution in [2.75, 3.05) is 33.1 Å². The maximum Gasteiger partial charge on any atom is 0.246 e. The van der Waals surface area contributed by atoms with Gasteiger partial charge in [-0.1, -0.05) is 19.4 Å². The fourth-order valence-electron chi connectivity index (χ4n) is 3.25. The topological polar surface area (TPSA) is 84.9 Å². The number of piperidine rings is 1. The smallest absolute Gasteiger partial charge is 0.246 e. The van der Waals surface area contributed by atoms with Gasteiger partial charge in [-0.15, -0.1) is 0 Å². The lowest BCUT2D eigenvalue weighted by Crippen LogP contribution is -2.48. The molecule has 2 rings (SSSR count). The van der Waals surface area contributed by atoms with Gasteiger partial charge < -0.3 is 14.4 Å². The second kappa shape index (κ2) is 11.2. The number of sulfonamides is 1. The van der Waals surface area contributed by atoms with Crippen LogP contribution < -0.4 is 14.2 Å². The minimum absolute atomic E-state index is 0.118. The molecule has 0 saturated carbocycles. The quantitative estimate of drug-likeness (QED) is 0.461. The molecule has 162 valence electrons. The van der Waals surface area contributed by atoms with Gasteiger partial charge in [0.05, 0.1) is 20.0 Å². The Morgan fingerprint density at radius 1 is 1.31 bits per heavy atom. The summed E-state index contributed by atoms with van der Waals surface area (Å²) in [6.07, 6.45) is 9.14. The summed E-state index contributed by atoms with van der Waals surface area (Å²) in [5, 5.41) is 0. The summed E-state index contributed by atoms with van der Waals surface area (Å²) in [4.78, 5) is 14.5. The molecule has 0 spiro atoms. The maximum atomic E-state index is 12.7. The van der Waals surface area contributed by atoms with Crippen LogP contribution in [-0.4, -0.2) is 58.3 Å². The number of nitrogens with one attached hydrogen (secondary N) is 1. The van der Waals surface area contributed by atoms with Crippen LogP contribution in [0.3, 0.4) is 0 Å². The highest BCUT2D eigenvalue weighted by Gasteiger charge is 2.25. The van der Waals surface area contributed by atoms with Crippen LogP contribution in [0.1, 0.15) is 44.6 Å². The molecule has 29 heavy (non-hydrogen) atoms. The summed E-state index contributed by atoms with van der Waals surface area (Å²) < 4.78 is 36.4. The molecule has 0 radical (unpaired) electrons. The molecule has 1 unspecified atom stereocenters. The predicted octanol–water partition coefficient (Wildman–Crippen LogP) is 2.82. The van der Waals surface area contributed by atoms with Gasteiger partial charge >= 0.3 is 0 Å². The van der Waals surface area contributed by atoms with Gasteiger partial charge in [0.1, 0.15) is 0 Å². The van der Waals surface area contributed by atoms with E-state index in [0.717, 1.165) is 43.9 Å². The van der Waals surface area contributed by atoms with Gasteiger partial charge in [-0.2, -0.15) is 0 Å². The van der Waals surface area contributed by atoms with Crippen molar-refractivity contribution in [1.29, 1.82) is 0 Å². The molecule has 8 heteroatoms. The zero-order chi connectivity index (χ0) is 21.3. The Labute approximate surface area is 174 Å². The zero-order valence-corrected chi connectivity index (χ0v) is 18.3. The second-order valence-electron chi connectivity index (χ2n) is 7.25. The number of rotatable bonds is 10. The lowest BCUT2D eigenvalue weighted by Gasteiger charge is -2.35. The van der Waals surface area contributed by atoms with Gasteiger partial charge in [-0.05, 0) is 49.5 Å². The Morgan fingerprint density at radius 2 is 2.10 bits per heavy atom. The molecule has 1 amide bonds. The van der Waals surface area contributed by atoms with Gasteiger partial charge in [0.25, 0.3) is 0 Å². The molecule has 0 aliphatic carbocycles. The monoisotopic (exact) mass is 424 g/mol. The first kappa shape index (κ1) is 23.2. The molecule has 0 aromatic heterocycles. The fourth-order valence-corrected chi connectivity index (χ4v) is 3.74. The van der Waals surface area contributed by atoms with E-state index in [0.29, 0.717) is 24.7 Å². The number of unbranched alkanes of at least 4 members (excludes halogenated alkanes) is 1. The molecule has 1 aromatic carbocycles. The highest BCUT2D eigenvalue weighted by Crippen LogP contribution is 2.29. The summed E-state index contributed by atoms with van der Waals surface area (Å²) in [6.45, 7) is 3.62. The van der Waals surface area contributed by atoms with Crippen LogP contribution >= 0.6 is 0 Å². The lowest BCUT2D eigenvalue weighted by molar-refractivity contribution is -0.129. The molecular formula is C21H32N2O5S. The lowest BCUT2D eigenvalue weighted by atomic mass is 10.0. The number of methoxy groups -OCH3 is 1. The molecular weight excluding hydrogens is 392 g/mol. The van der Waals surface area contributed by atoms with Crippen LogP contribution in [0.15, 0.2) is 24.3 Å². The molecule has 1 N–H and O–H groups in total. The van der Waals surface area contributed by atoms with Gasteiger partial charge in [0.2, 0.25) is 15.9 Å². The molecule has 1 aliphatic rings. The third-order valence-corrected chi connectivity index (χ3v) is 5.54. The Bertz CT molecular complexity index is 807. The number of carbonyl (C=O) groups is 1. The highest BCUT2D eigenvalue weighted by atomic mass is 32.2. The van der Waals surface area contributed by atoms with Crippen molar-refractivity contribution in [3.8, 4) is 11.5 Å².